The highest BCUT2D eigenvalue weighted by atomic mass is 32.3. The third kappa shape index (κ3) is 7.66. The van der Waals surface area contributed by atoms with Crippen molar-refractivity contribution in [2.45, 2.75) is 0 Å². The topological polar surface area (TPSA) is 111 Å². The van der Waals surface area contributed by atoms with Gasteiger partial charge in [-0.15, -0.1) is 5.16 Å². The number of nitrogens with zero attached hydrogens (tertiary/aromatic N) is 1. The Hall–Kier alpha value is -0.340. The van der Waals surface area contributed by atoms with Gasteiger partial charge in [0.05, 0.1) is 12.8 Å². The Bertz CT molecular complexity index is 99.7. The van der Waals surface area contributed by atoms with Gasteiger partial charge in [0, 0.05) is 0 Å². The van der Waals surface area contributed by atoms with Gasteiger partial charge < -0.3 is 5.21 Å². The minimum absolute atomic E-state index is 0.0231. The predicted octanol–water partition coefficient (Wildman–Crippen LogP) is -0.425. The van der Waals surface area contributed by atoms with Crippen LogP contribution < -0.4 is 9.86 Å². The number of hydrogen-bond donors (Lipinski definition) is 5. The molecule has 0 aliphatic rings. The molecule has 0 amide bonds. The number of nitrogens with one attached hydrogen (secondary N) is 1. The summed E-state index contributed by atoms with van der Waals surface area (Å²) in [7, 11) is -3.15. The highest BCUT2D eigenvalue weighted by molar-refractivity contribution is 8.20. The summed E-state index contributed by atoms with van der Waals surface area (Å²) in [5.41, 5.74) is 0. The van der Waals surface area contributed by atoms with Crippen LogP contribution in [0.5, 0.6) is 0 Å². The first kappa shape index (κ1) is 8.66. The first-order valence-corrected chi connectivity index (χ1v) is 3.63. The van der Waals surface area contributed by atoms with Crippen LogP contribution in [0.2, 0.25) is 0 Å². The summed E-state index contributed by atoms with van der Waals surface area (Å²) >= 11 is 0. The van der Waals surface area contributed by atoms with Crippen molar-refractivity contribution < 1.29 is 14.3 Å². The molecule has 7 heteroatoms. The van der Waals surface area contributed by atoms with Crippen molar-refractivity contribution in [2.75, 3.05) is 6.54 Å². The molecule has 0 atom stereocenters. The maximum Gasteiger partial charge on any atom is 0.0591 e. The summed E-state index contributed by atoms with van der Waals surface area (Å²) < 4.78 is 18.9. The lowest BCUT2D eigenvalue weighted by Gasteiger charge is -2.25. The van der Waals surface area contributed by atoms with E-state index in [4.69, 9.17) is 19.5 Å². The molecular weight excluding hydrogens is 146 g/mol. The fourth-order valence-electron chi connectivity index (χ4n) is 0.201. The van der Waals surface area contributed by atoms with E-state index in [0.717, 1.165) is 6.21 Å². The van der Waals surface area contributed by atoms with E-state index >= 15 is 0 Å². The lowest BCUT2D eigenvalue weighted by atomic mass is 10.8. The maximum atomic E-state index is 8.41. The number of hydrogen-bond acceptors (Lipinski definition) is 6. The molecule has 0 saturated heterocycles. The van der Waals surface area contributed by atoms with Gasteiger partial charge in [-0.25, -0.2) is 9.86 Å². The molecule has 0 aromatic heterocycles. The lowest BCUT2D eigenvalue weighted by Crippen LogP contribution is -2.27. The lowest BCUT2D eigenvalue weighted by molar-refractivity contribution is 0.321. The molecule has 0 aliphatic carbocycles. The van der Waals surface area contributed by atoms with Crippen molar-refractivity contribution in [3.8, 4) is 0 Å². The molecule has 0 aromatic rings. The normalized spacial score (nSPS) is 14.6. The molecule has 0 radical (unpaired) electrons. The Morgan fingerprint density at radius 2 is 2.22 bits per heavy atom. The SMILES string of the molecule is NS(O)(O)NC/C=N\O. The first-order chi connectivity index (χ1) is 4.06. The van der Waals surface area contributed by atoms with Crippen LogP contribution >= 0.6 is 11.0 Å². The van der Waals surface area contributed by atoms with Crippen LogP contribution in [0.25, 0.3) is 0 Å². The Kier molecular flexibility index (Phi) is 3.50. The third-order valence-electron chi connectivity index (χ3n) is 0.469. The van der Waals surface area contributed by atoms with Crippen LogP contribution in [-0.2, 0) is 0 Å². The van der Waals surface area contributed by atoms with Crippen molar-refractivity contribution in [2.24, 2.45) is 10.3 Å². The van der Waals surface area contributed by atoms with Gasteiger partial charge in [0.25, 0.3) is 0 Å². The van der Waals surface area contributed by atoms with Crippen molar-refractivity contribution in [1.82, 2.24) is 4.72 Å². The van der Waals surface area contributed by atoms with Crippen LogP contribution in [0, 0.1) is 0 Å². The van der Waals surface area contributed by atoms with Gasteiger partial charge in [-0.2, -0.15) is 0 Å². The molecule has 0 bridgehead atoms. The van der Waals surface area contributed by atoms with Gasteiger partial charge >= 0.3 is 0 Å². The molecule has 0 heterocycles. The summed E-state index contributed by atoms with van der Waals surface area (Å²) in [6.45, 7) is 0.0231. The summed E-state index contributed by atoms with van der Waals surface area (Å²) in [6.07, 6.45) is 1.04. The van der Waals surface area contributed by atoms with E-state index in [1.165, 1.54) is 0 Å². The number of rotatable bonds is 3. The van der Waals surface area contributed by atoms with Gasteiger partial charge in [0.2, 0.25) is 0 Å². The highest BCUT2D eigenvalue weighted by Gasteiger charge is 1.98. The van der Waals surface area contributed by atoms with Crippen LogP contribution in [0.4, 0.5) is 0 Å². The molecule has 6 N–H and O–H groups in total. The maximum absolute atomic E-state index is 8.41. The van der Waals surface area contributed by atoms with Crippen molar-refractivity contribution in [1.29, 1.82) is 0 Å². The van der Waals surface area contributed by atoms with Crippen molar-refractivity contribution in [3.63, 3.8) is 0 Å². The van der Waals surface area contributed by atoms with E-state index in [9.17, 15) is 0 Å². The average molecular weight is 155 g/mol. The molecule has 56 valence electrons. The van der Waals surface area contributed by atoms with Crippen LogP contribution in [0.15, 0.2) is 5.16 Å². The van der Waals surface area contributed by atoms with Crippen molar-refractivity contribution in [3.05, 3.63) is 0 Å². The van der Waals surface area contributed by atoms with Gasteiger partial charge in [0.1, 0.15) is 0 Å². The number of oxime groups is 1. The minimum Gasteiger partial charge on any atom is -0.411 e. The zero-order chi connectivity index (χ0) is 7.33. The van der Waals surface area contributed by atoms with E-state index in [2.05, 4.69) is 9.88 Å². The predicted molar refractivity (Wildman–Crippen MR) is 35.3 cm³/mol. The summed E-state index contributed by atoms with van der Waals surface area (Å²) in [6, 6.07) is 0. The zero-order valence-electron chi connectivity index (χ0n) is 4.56. The van der Waals surface area contributed by atoms with Gasteiger partial charge in [-0.05, 0) is 0 Å². The Balaban J connectivity index is 3.28. The molecular formula is C2H9N3O3S. The molecule has 0 aliphatic heterocycles. The summed E-state index contributed by atoms with van der Waals surface area (Å²) in [4.78, 5) is 0. The molecule has 0 fully saturated rings. The highest BCUT2D eigenvalue weighted by Crippen LogP contribution is 2.19. The molecule has 9 heavy (non-hydrogen) atoms. The molecule has 0 spiro atoms. The second kappa shape index (κ2) is 3.64. The standard InChI is InChI=1S/C2H9N3O3S/c3-9(7,8)5-2-1-4-6/h1,5-8H,2-3H2/b4-1-. The first-order valence-electron chi connectivity index (χ1n) is 2.02. The van der Waals surface area contributed by atoms with Gasteiger partial charge in [0.15, 0.2) is 0 Å². The van der Waals surface area contributed by atoms with E-state index in [1.54, 1.807) is 0 Å². The summed E-state index contributed by atoms with van der Waals surface area (Å²) in [5.74, 6) is 0. The van der Waals surface area contributed by atoms with E-state index in [0.29, 0.717) is 0 Å². The summed E-state index contributed by atoms with van der Waals surface area (Å²) in [5, 5.41) is 15.1. The largest absolute Gasteiger partial charge is 0.411 e. The number of nitrogens with two attached hydrogens (primary N) is 1. The van der Waals surface area contributed by atoms with Gasteiger partial charge in [-0.3, -0.25) is 9.11 Å². The van der Waals surface area contributed by atoms with Gasteiger partial charge in [-0.1, -0.05) is 11.0 Å². The third-order valence-corrected chi connectivity index (χ3v) is 1.06. The Morgan fingerprint density at radius 1 is 1.67 bits per heavy atom. The smallest absolute Gasteiger partial charge is 0.0591 e. The van der Waals surface area contributed by atoms with E-state index in [-0.39, 0.29) is 6.54 Å². The minimum atomic E-state index is -3.15. The fraction of sp³-hybridized carbons (Fsp3) is 0.500. The molecule has 0 aromatic carbocycles. The molecule has 0 rings (SSSR count). The van der Waals surface area contributed by atoms with Crippen LogP contribution in [0.1, 0.15) is 0 Å². The van der Waals surface area contributed by atoms with E-state index in [1.807, 2.05) is 0 Å². The quantitative estimate of drug-likeness (QED) is 0.216. The monoisotopic (exact) mass is 155 g/mol. The zero-order valence-corrected chi connectivity index (χ0v) is 5.38. The second-order valence-corrected chi connectivity index (χ2v) is 2.71. The average Bonchev–Trinajstić information content (AvgIpc) is 1.63. The van der Waals surface area contributed by atoms with Crippen LogP contribution in [0.3, 0.4) is 0 Å². The Labute approximate surface area is 54.0 Å². The molecule has 6 nitrogen and oxygen atoms in total. The fourth-order valence-corrected chi connectivity index (χ4v) is 0.521. The van der Waals surface area contributed by atoms with E-state index < -0.39 is 11.0 Å². The Morgan fingerprint density at radius 3 is 2.56 bits per heavy atom. The van der Waals surface area contributed by atoms with Crippen molar-refractivity contribution >= 4 is 17.2 Å². The second-order valence-electron chi connectivity index (χ2n) is 1.24. The van der Waals surface area contributed by atoms with Crippen LogP contribution in [-0.4, -0.2) is 27.1 Å². The molecule has 0 saturated carbocycles. The molecule has 0 unspecified atom stereocenters.